The van der Waals surface area contributed by atoms with Crippen LogP contribution >= 0.6 is 15.9 Å². The van der Waals surface area contributed by atoms with Crippen molar-refractivity contribution in [2.24, 2.45) is 0 Å². The van der Waals surface area contributed by atoms with E-state index in [-0.39, 0.29) is 0 Å². The van der Waals surface area contributed by atoms with Gasteiger partial charge in [-0.05, 0) is 78.0 Å². The van der Waals surface area contributed by atoms with E-state index in [0.29, 0.717) is 0 Å². The van der Waals surface area contributed by atoms with Crippen LogP contribution in [-0.4, -0.2) is 9.55 Å². The Bertz CT molecular complexity index is 792. The van der Waals surface area contributed by atoms with Gasteiger partial charge in [-0.3, -0.25) is 4.57 Å². The minimum atomic E-state index is 1.07. The normalized spacial score (nSPS) is 11.2. The largest absolute Gasteiger partial charge is 0.297 e. The summed E-state index contributed by atoms with van der Waals surface area (Å²) in [5.74, 6) is 0. The predicted octanol–water partition coefficient (Wildman–Crippen LogP) is 5.02. The lowest BCUT2D eigenvalue weighted by Crippen LogP contribution is -1.98. The maximum Gasteiger partial charge on any atom is 0.100 e. The third kappa shape index (κ3) is 2.06. The highest BCUT2D eigenvalue weighted by Gasteiger charge is 2.12. The number of aryl methyl sites for hydroxylation is 4. The number of fused-ring (bicyclic) bond motifs is 1. The Hall–Kier alpha value is -1.61. The zero-order valence-corrected chi connectivity index (χ0v) is 13.7. The molecule has 1 aromatic heterocycles. The summed E-state index contributed by atoms with van der Waals surface area (Å²) in [7, 11) is 0. The average molecular weight is 329 g/mol. The molecule has 0 bridgehead atoms. The van der Waals surface area contributed by atoms with Crippen molar-refractivity contribution < 1.29 is 0 Å². The van der Waals surface area contributed by atoms with Crippen molar-refractivity contribution in [2.45, 2.75) is 27.7 Å². The van der Waals surface area contributed by atoms with Gasteiger partial charge in [-0.1, -0.05) is 12.1 Å². The van der Waals surface area contributed by atoms with Crippen molar-refractivity contribution in [3.63, 3.8) is 0 Å². The van der Waals surface area contributed by atoms with Crippen molar-refractivity contribution in [2.75, 3.05) is 0 Å². The third-order valence-electron chi connectivity index (χ3n) is 3.63. The number of imidazole rings is 1. The summed E-state index contributed by atoms with van der Waals surface area (Å²) in [6.45, 7) is 8.49. The van der Waals surface area contributed by atoms with E-state index in [0.717, 1.165) is 15.5 Å². The van der Waals surface area contributed by atoms with E-state index >= 15 is 0 Å². The molecule has 20 heavy (non-hydrogen) atoms. The summed E-state index contributed by atoms with van der Waals surface area (Å²) >= 11 is 3.69. The van der Waals surface area contributed by atoms with Gasteiger partial charge in [0.1, 0.15) is 6.33 Å². The van der Waals surface area contributed by atoms with Gasteiger partial charge in [-0.2, -0.15) is 0 Å². The van der Waals surface area contributed by atoms with E-state index in [9.17, 15) is 0 Å². The number of hydrogen-bond donors (Lipinski definition) is 0. The SMILES string of the molecule is Cc1cc(C)c(-n2cnc3c(C)cc(C)cc32)c(Br)c1. The predicted molar refractivity (Wildman–Crippen MR) is 87.7 cm³/mol. The van der Waals surface area contributed by atoms with E-state index in [1.165, 1.54) is 27.9 Å². The third-order valence-corrected chi connectivity index (χ3v) is 4.23. The molecule has 102 valence electrons. The Morgan fingerprint density at radius 3 is 2.25 bits per heavy atom. The molecule has 0 unspecified atom stereocenters. The molecule has 0 aliphatic carbocycles. The molecule has 0 aliphatic rings. The van der Waals surface area contributed by atoms with Crippen LogP contribution in [0.1, 0.15) is 22.3 Å². The number of nitrogens with zero attached hydrogens (tertiary/aromatic N) is 2. The van der Waals surface area contributed by atoms with Gasteiger partial charge < -0.3 is 0 Å². The summed E-state index contributed by atoms with van der Waals surface area (Å²) in [4.78, 5) is 4.58. The first-order valence-electron chi connectivity index (χ1n) is 6.69. The lowest BCUT2D eigenvalue weighted by molar-refractivity contribution is 1.06. The molecule has 2 nitrogen and oxygen atoms in total. The van der Waals surface area contributed by atoms with E-state index in [1.807, 2.05) is 6.33 Å². The average Bonchev–Trinajstić information content (AvgIpc) is 2.72. The topological polar surface area (TPSA) is 17.8 Å². The molecule has 0 fully saturated rings. The van der Waals surface area contributed by atoms with Gasteiger partial charge in [-0.25, -0.2) is 4.98 Å². The Balaban J connectivity index is 2.36. The molecule has 3 aromatic rings. The van der Waals surface area contributed by atoms with Crippen molar-refractivity contribution >= 4 is 27.0 Å². The molecule has 0 saturated heterocycles. The van der Waals surface area contributed by atoms with Crippen molar-refractivity contribution in [1.82, 2.24) is 9.55 Å². The minimum absolute atomic E-state index is 1.07. The van der Waals surface area contributed by atoms with Crippen LogP contribution in [0.5, 0.6) is 0 Å². The van der Waals surface area contributed by atoms with Crippen LogP contribution in [0, 0.1) is 27.7 Å². The molecule has 0 saturated carbocycles. The van der Waals surface area contributed by atoms with Gasteiger partial charge in [0.15, 0.2) is 0 Å². The number of rotatable bonds is 1. The maximum absolute atomic E-state index is 4.58. The number of hydrogen-bond acceptors (Lipinski definition) is 1. The Kier molecular flexibility index (Phi) is 3.17. The Labute approximate surface area is 127 Å². The molecule has 0 radical (unpaired) electrons. The molecule has 0 aliphatic heterocycles. The number of benzene rings is 2. The van der Waals surface area contributed by atoms with Crippen molar-refractivity contribution in [1.29, 1.82) is 0 Å². The van der Waals surface area contributed by atoms with Crippen LogP contribution in [-0.2, 0) is 0 Å². The summed E-state index contributed by atoms with van der Waals surface area (Å²) in [5.41, 5.74) is 8.39. The van der Waals surface area contributed by atoms with E-state index < -0.39 is 0 Å². The first kappa shape index (κ1) is 13.4. The summed E-state index contributed by atoms with van der Waals surface area (Å²) in [6, 6.07) is 8.73. The highest BCUT2D eigenvalue weighted by atomic mass is 79.9. The highest BCUT2D eigenvalue weighted by Crippen LogP contribution is 2.30. The van der Waals surface area contributed by atoms with Gasteiger partial charge >= 0.3 is 0 Å². The van der Waals surface area contributed by atoms with Gasteiger partial charge in [0.2, 0.25) is 0 Å². The second kappa shape index (κ2) is 4.74. The molecular weight excluding hydrogens is 312 g/mol. The highest BCUT2D eigenvalue weighted by molar-refractivity contribution is 9.10. The molecule has 3 rings (SSSR count). The van der Waals surface area contributed by atoms with E-state index in [2.05, 4.69) is 77.4 Å². The first-order chi connectivity index (χ1) is 9.47. The van der Waals surface area contributed by atoms with E-state index in [4.69, 9.17) is 0 Å². The zero-order chi connectivity index (χ0) is 14.4. The fourth-order valence-corrected chi connectivity index (χ4v) is 3.72. The molecule has 0 atom stereocenters. The standard InChI is InChI=1S/C17H17BrN2/c1-10-6-13(4)17(14(18)7-10)20-9-19-16-12(3)5-11(2)8-15(16)20/h5-9H,1-4H3. The van der Waals surface area contributed by atoms with Crippen LogP contribution in [0.3, 0.4) is 0 Å². The van der Waals surface area contributed by atoms with Gasteiger partial charge in [0.05, 0.1) is 16.7 Å². The van der Waals surface area contributed by atoms with Gasteiger partial charge in [-0.15, -0.1) is 0 Å². The van der Waals surface area contributed by atoms with Crippen molar-refractivity contribution in [3.8, 4) is 5.69 Å². The van der Waals surface area contributed by atoms with Crippen LogP contribution in [0.25, 0.3) is 16.7 Å². The van der Waals surface area contributed by atoms with Gasteiger partial charge in [0, 0.05) is 4.47 Å². The first-order valence-corrected chi connectivity index (χ1v) is 7.48. The van der Waals surface area contributed by atoms with Crippen LogP contribution < -0.4 is 0 Å². The zero-order valence-electron chi connectivity index (χ0n) is 12.2. The number of halogens is 1. The van der Waals surface area contributed by atoms with Gasteiger partial charge in [0.25, 0.3) is 0 Å². The number of aromatic nitrogens is 2. The molecule has 1 heterocycles. The fourth-order valence-electron chi connectivity index (χ4n) is 2.86. The van der Waals surface area contributed by atoms with Crippen LogP contribution in [0.2, 0.25) is 0 Å². The second-order valence-corrected chi connectivity index (χ2v) is 6.33. The van der Waals surface area contributed by atoms with Crippen LogP contribution in [0.4, 0.5) is 0 Å². The minimum Gasteiger partial charge on any atom is -0.297 e. The van der Waals surface area contributed by atoms with Crippen LogP contribution in [0.15, 0.2) is 35.1 Å². The molecule has 0 spiro atoms. The molecule has 0 amide bonds. The molecule has 3 heteroatoms. The smallest absolute Gasteiger partial charge is 0.100 e. The molecule has 2 aromatic carbocycles. The Morgan fingerprint density at radius 1 is 0.900 bits per heavy atom. The van der Waals surface area contributed by atoms with E-state index in [1.54, 1.807) is 0 Å². The summed E-state index contributed by atoms with van der Waals surface area (Å²) in [6.07, 6.45) is 1.92. The fraction of sp³-hybridized carbons (Fsp3) is 0.235. The molecule has 0 N–H and O–H groups in total. The monoisotopic (exact) mass is 328 g/mol. The second-order valence-electron chi connectivity index (χ2n) is 5.48. The Morgan fingerprint density at radius 2 is 1.55 bits per heavy atom. The molecular formula is C17H17BrN2. The maximum atomic E-state index is 4.58. The quantitative estimate of drug-likeness (QED) is 0.613. The lowest BCUT2D eigenvalue weighted by atomic mass is 10.1. The summed E-state index contributed by atoms with van der Waals surface area (Å²) < 4.78 is 3.28. The summed E-state index contributed by atoms with van der Waals surface area (Å²) in [5, 5.41) is 0. The lowest BCUT2D eigenvalue weighted by Gasteiger charge is -2.12. The van der Waals surface area contributed by atoms with Crippen molar-refractivity contribution in [3.05, 3.63) is 57.3 Å².